The maximum absolute atomic E-state index is 6.56. The topological polar surface area (TPSA) is 26.3 Å². The summed E-state index contributed by atoms with van der Waals surface area (Å²) in [6.07, 6.45) is 0. The molecule has 13 aromatic rings. The maximum Gasteiger partial charge on any atom is 0.178 e. The lowest BCUT2D eigenvalue weighted by Crippen LogP contribution is -1.91. The molecule has 268 valence electrons. The molecule has 0 aliphatic rings. The lowest BCUT2D eigenvalue weighted by molar-refractivity contribution is 0.633. The fourth-order valence-electron chi connectivity index (χ4n) is 9.86. The van der Waals surface area contributed by atoms with E-state index in [2.05, 4.69) is 182 Å². The number of hydrogen-bond acceptors (Lipinski definition) is 2. The molecule has 0 radical (unpaired) electrons. The van der Waals surface area contributed by atoms with Gasteiger partial charge in [-0.15, -0.1) is 0 Å². The fourth-order valence-corrected chi connectivity index (χ4v) is 9.86. The Morgan fingerprint density at radius 2 is 0.586 bits per heavy atom. The first-order valence-electron chi connectivity index (χ1n) is 19.9. The zero-order chi connectivity index (χ0) is 37.9. The van der Waals surface area contributed by atoms with Crippen LogP contribution >= 0.6 is 0 Å². The highest BCUT2D eigenvalue weighted by molar-refractivity contribution is 6.26. The predicted molar refractivity (Wildman–Crippen MR) is 245 cm³/mol. The first kappa shape index (κ1) is 31.5. The van der Waals surface area contributed by atoms with E-state index in [-0.39, 0.29) is 0 Å². The molecule has 2 heteroatoms. The van der Waals surface area contributed by atoms with E-state index in [0.29, 0.717) is 0 Å². The molecule has 11 aromatic carbocycles. The molecular weight excluding hydrogens is 705 g/mol. The van der Waals surface area contributed by atoms with Crippen LogP contribution in [0, 0.1) is 0 Å². The van der Waals surface area contributed by atoms with Gasteiger partial charge in [-0.25, -0.2) is 0 Å². The molecule has 0 saturated heterocycles. The van der Waals surface area contributed by atoms with Crippen molar-refractivity contribution in [1.82, 2.24) is 0 Å². The van der Waals surface area contributed by atoms with Gasteiger partial charge in [0.1, 0.15) is 11.2 Å². The van der Waals surface area contributed by atoms with Gasteiger partial charge < -0.3 is 8.83 Å². The summed E-state index contributed by atoms with van der Waals surface area (Å²) in [5, 5.41) is 16.9. The Morgan fingerprint density at radius 3 is 1.19 bits per heavy atom. The summed E-state index contributed by atoms with van der Waals surface area (Å²) < 4.78 is 12.9. The molecule has 0 fully saturated rings. The Kier molecular flexibility index (Phi) is 6.47. The molecule has 0 amide bonds. The van der Waals surface area contributed by atoms with Gasteiger partial charge in [0.2, 0.25) is 0 Å². The minimum absolute atomic E-state index is 0.791. The van der Waals surface area contributed by atoms with Crippen LogP contribution in [0.25, 0.3) is 131 Å². The highest BCUT2D eigenvalue weighted by Crippen LogP contribution is 2.46. The monoisotopic (exact) mass is 736 g/mol. The van der Waals surface area contributed by atoms with E-state index in [1.54, 1.807) is 0 Å². The summed E-state index contributed by atoms with van der Waals surface area (Å²) in [5.74, 6) is 0. The summed E-state index contributed by atoms with van der Waals surface area (Å²) in [6.45, 7) is 0. The molecule has 0 atom stereocenters. The van der Waals surface area contributed by atoms with Crippen LogP contribution in [0.15, 0.2) is 203 Å². The van der Waals surface area contributed by atoms with Gasteiger partial charge in [0.15, 0.2) is 11.2 Å². The van der Waals surface area contributed by atoms with Crippen LogP contribution in [0.5, 0.6) is 0 Å². The molecule has 0 aliphatic carbocycles. The minimum Gasteiger partial charge on any atom is -0.452 e. The lowest BCUT2D eigenvalue weighted by Gasteiger charge is -2.18. The van der Waals surface area contributed by atoms with Crippen molar-refractivity contribution in [3.63, 3.8) is 0 Å². The van der Waals surface area contributed by atoms with E-state index in [1.807, 2.05) is 12.1 Å². The number of benzene rings is 11. The third-order valence-electron chi connectivity index (χ3n) is 12.4. The van der Waals surface area contributed by atoms with E-state index in [1.165, 1.54) is 81.7 Å². The molecule has 2 heterocycles. The Labute approximate surface area is 332 Å². The summed E-state index contributed by atoms with van der Waals surface area (Å²) in [7, 11) is 0. The van der Waals surface area contributed by atoms with Crippen LogP contribution < -0.4 is 0 Å². The summed E-state index contributed by atoms with van der Waals surface area (Å²) in [5.41, 5.74) is 10.5. The molecule has 0 aliphatic heterocycles. The standard InChI is InChI=1S/C56H32O2/c1-2-16-39-37(14-1)38-15-3-4-17-40(38)49-31-34(24-26-41(39)49)33-12-11-13-35(30-33)53-43-19-5-7-21-45(43)54(46-22-8-6-20-44(46)53)36-25-29-52-50(32-36)48-28-27-47-42-18-9-10-23-51(42)57-55(47)56(48)58-52/h1-32H. The Morgan fingerprint density at radius 1 is 0.207 bits per heavy atom. The van der Waals surface area contributed by atoms with Gasteiger partial charge in [0.25, 0.3) is 0 Å². The second kappa shape index (κ2) is 11.9. The molecule has 2 nitrogen and oxygen atoms in total. The average Bonchev–Trinajstić information content (AvgIpc) is 3.86. The Bertz CT molecular complexity index is 3770. The van der Waals surface area contributed by atoms with E-state index in [4.69, 9.17) is 8.83 Å². The van der Waals surface area contributed by atoms with E-state index in [9.17, 15) is 0 Å². The molecular formula is C56H32O2. The van der Waals surface area contributed by atoms with Crippen molar-refractivity contribution in [3.05, 3.63) is 194 Å². The van der Waals surface area contributed by atoms with Crippen molar-refractivity contribution >= 4 is 97.7 Å². The van der Waals surface area contributed by atoms with Crippen LogP contribution in [0.3, 0.4) is 0 Å². The van der Waals surface area contributed by atoms with Crippen LogP contribution in [0.4, 0.5) is 0 Å². The molecule has 0 unspecified atom stereocenters. The summed E-state index contributed by atoms with van der Waals surface area (Å²) in [6, 6.07) is 70.6. The van der Waals surface area contributed by atoms with Gasteiger partial charge in [0, 0.05) is 21.5 Å². The maximum atomic E-state index is 6.56. The van der Waals surface area contributed by atoms with Gasteiger partial charge >= 0.3 is 0 Å². The molecule has 0 saturated carbocycles. The number of rotatable bonds is 3. The zero-order valence-electron chi connectivity index (χ0n) is 31.3. The van der Waals surface area contributed by atoms with Crippen molar-refractivity contribution in [2.24, 2.45) is 0 Å². The second-order valence-electron chi connectivity index (χ2n) is 15.5. The van der Waals surface area contributed by atoms with Crippen molar-refractivity contribution in [1.29, 1.82) is 0 Å². The van der Waals surface area contributed by atoms with Gasteiger partial charge in [-0.2, -0.15) is 0 Å². The van der Waals surface area contributed by atoms with E-state index < -0.39 is 0 Å². The Balaban J connectivity index is 1.00. The van der Waals surface area contributed by atoms with Crippen molar-refractivity contribution in [3.8, 4) is 33.4 Å². The largest absolute Gasteiger partial charge is 0.452 e. The molecule has 58 heavy (non-hydrogen) atoms. The van der Waals surface area contributed by atoms with E-state index >= 15 is 0 Å². The van der Waals surface area contributed by atoms with Gasteiger partial charge in [-0.1, -0.05) is 152 Å². The van der Waals surface area contributed by atoms with Crippen molar-refractivity contribution in [2.75, 3.05) is 0 Å². The first-order valence-corrected chi connectivity index (χ1v) is 19.9. The van der Waals surface area contributed by atoms with Gasteiger partial charge in [0.05, 0.1) is 0 Å². The zero-order valence-corrected chi connectivity index (χ0v) is 31.3. The molecule has 0 spiro atoms. The molecule has 13 rings (SSSR count). The van der Waals surface area contributed by atoms with Crippen LogP contribution in [0.2, 0.25) is 0 Å². The third kappa shape index (κ3) is 4.43. The number of furan rings is 2. The number of hydrogen-bond donors (Lipinski definition) is 0. The average molecular weight is 737 g/mol. The summed E-state index contributed by atoms with van der Waals surface area (Å²) >= 11 is 0. The van der Waals surface area contributed by atoms with E-state index in [0.717, 1.165) is 49.4 Å². The van der Waals surface area contributed by atoms with Gasteiger partial charge in [-0.05, 0) is 130 Å². The normalized spacial score (nSPS) is 12.1. The highest BCUT2D eigenvalue weighted by Gasteiger charge is 2.20. The minimum atomic E-state index is 0.791. The lowest BCUT2D eigenvalue weighted by atomic mass is 9.85. The second-order valence-corrected chi connectivity index (χ2v) is 15.5. The van der Waals surface area contributed by atoms with Gasteiger partial charge in [-0.3, -0.25) is 0 Å². The summed E-state index contributed by atoms with van der Waals surface area (Å²) in [4.78, 5) is 0. The van der Waals surface area contributed by atoms with Crippen LogP contribution in [-0.2, 0) is 0 Å². The number of fused-ring (bicyclic) bond motifs is 15. The molecule has 0 N–H and O–H groups in total. The van der Waals surface area contributed by atoms with Crippen molar-refractivity contribution in [2.45, 2.75) is 0 Å². The Hall–Kier alpha value is -7.68. The first-order chi connectivity index (χ1) is 28.8. The SMILES string of the molecule is c1cc(-c2ccc3c4ccccc4c4ccccc4c3c2)cc(-c2c3ccccc3c(-c3ccc4oc5c(ccc6c7ccccc7oc65)c4c3)c3ccccc23)c1. The van der Waals surface area contributed by atoms with Crippen LogP contribution in [-0.4, -0.2) is 0 Å². The highest BCUT2D eigenvalue weighted by atomic mass is 16.4. The third-order valence-corrected chi connectivity index (χ3v) is 12.4. The molecule has 0 bridgehead atoms. The van der Waals surface area contributed by atoms with Crippen molar-refractivity contribution < 1.29 is 8.83 Å². The smallest absolute Gasteiger partial charge is 0.178 e. The van der Waals surface area contributed by atoms with Crippen LogP contribution in [0.1, 0.15) is 0 Å². The quantitative estimate of drug-likeness (QED) is 0.133. The fraction of sp³-hybridized carbons (Fsp3) is 0. The number of para-hydroxylation sites is 1. The predicted octanol–water partition coefficient (Wildman–Crippen LogP) is 16.3. The molecule has 2 aromatic heterocycles.